The van der Waals surface area contributed by atoms with Crippen LogP contribution in [0.5, 0.6) is 0 Å². The van der Waals surface area contributed by atoms with Gasteiger partial charge in [-0.2, -0.15) is 0 Å². The minimum atomic E-state index is 0.0533. The highest BCUT2D eigenvalue weighted by atomic mass is 35.5. The number of amides is 1. The third-order valence-corrected chi connectivity index (χ3v) is 2.92. The number of halogens is 1. The molecule has 2 nitrogen and oxygen atoms in total. The van der Waals surface area contributed by atoms with Gasteiger partial charge in [-0.15, -0.1) is 11.6 Å². The van der Waals surface area contributed by atoms with E-state index in [4.69, 9.17) is 11.6 Å². The first-order valence-electron chi connectivity index (χ1n) is 4.50. The average Bonchev–Trinajstić information content (AvgIpc) is 1.96. The van der Waals surface area contributed by atoms with Crippen LogP contribution in [-0.4, -0.2) is 17.3 Å². The quantitative estimate of drug-likeness (QED) is 0.628. The lowest BCUT2D eigenvalue weighted by Crippen LogP contribution is -2.42. The molecule has 1 rings (SSSR count). The molecule has 0 spiro atoms. The zero-order valence-corrected chi connectivity index (χ0v) is 8.40. The highest BCUT2D eigenvalue weighted by Crippen LogP contribution is 2.27. The summed E-state index contributed by atoms with van der Waals surface area (Å²) in [6.45, 7) is 3.73. The predicted molar refractivity (Wildman–Crippen MR) is 50.3 cm³/mol. The number of carbonyl (C=O) groups is 1. The maximum atomic E-state index is 10.8. The van der Waals surface area contributed by atoms with Crippen molar-refractivity contribution >= 4 is 17.5 Å². The van der Waals surface area contributed by atoms with Crippen LogP contribution in [0.3, 0.4) is 0 Å². The molecule has 0 aromatic carbocycles. The molecule has 1 N–H and O–H groups in total. The first kappa shape index (κ1) is 9.85. The van der Waals surface area contributed by atoms with Gasteiger partial charge in [0.05, 0.1) is 0 Å². The van der Waals surface area contributed by atoms with Crippen molar-refractivity contribution in [1.82, 2.24) is 5.32 Å². The van der Waals surface area contributed by atoms with Gasteiger partial charge in [-0.05, 0) is 25.2 Å². The standard InChI is InChI=1S/C9H16ClNO/c1-6-3-4-8(10)5-9(6)11-7(2)12/h6,8-9H,3-5H2,1-2H3,(H,11,12)/t6-,8+,9+/m1/s1. The fourth-order valence-corrected chi connectivity index (χ4v) is 2.05. The predicted octanol–water partition coefficient (Wildman–Crippen LogP) is 1.92. The number of alkyl halides is 1. The lowest BCUT2D eigenvalue weighted by atomic mass is 9.85. The van der Waals surface area contributed by atoms with Gasteiger partial charge < -0.3 is 5.32 Å². The molecular weight excluding hydrogens is 174 g/mol. The molecule has 0 aromatic heterocycles. The smallest absolute Gasteiger partial charge is 0.217 e. The van der Waals surface area contributed by atoms with Crippen LogP contribution in [-0.2, 0) is 4.79 Å². The molecule has 1 fully saturated rings. The van der Waals surface area contributed by atoms with Gasteiger partial charge in [0.1, 0.15) is 0 Å². The second-order valence-corrected chi connectivity index (χ2v) is 4.31. The van der Waals surface area contributed by atoms with Crippen molar-refractivity contribution in [3.63, 3.8) is 0 Å². The van der Waals surface area contributed by atoms with E-state index in [0.29, 0.717) is 12.0 Å². The second kappa shape index (κ2) is 4.13. The molecule has 0 heterocycles. The summed E-state index contributed by atoms with van der Waals surface area (Å²) in [7, 11) is 0. The summed E-state index contributed by atoms with van der Waals surface area (Å²) in [4.78, 5) is 10.8. The van der Waals surface area contributed by atoms with Crippen LogP contribution in [0.25, 0.3) is 0 Å². The van der Waals surface area contributed by atoms with E-state index >= 15 is 0 Å². The molecule has 0 aliphatic heterocycles. The second-order valence-electron chi connectivity index (χ2n) is 3.69. The first-order valence-corrected chi connectivity index (χ1v) is 4.94. The van der Waals surface area contributed by atoms with E-state index in [2.05, 4.69) is 12.2 Å². The zero-order chi connectivity index (χ0) is 9.14. The van der Waals surface area contributed by atoms with E-state index in [1.807, 2.05) is 0 Å². The van der Waals surface area contributed by atoms with Crippen LogP contribution in [0.15, 0.2) is 0 Å². The molecule has 1 amide bonds. The van der Waals surface area contributed by atoms with Crippen LogP contribution in [0.1, 0.15) is 33.1 Å². The van der Waals surface area contributed by atoms with E-state index in [-0.39, 0.29) is 11.3 Å². The molecule has 0 bridgehead atoms. The molecule has 0 radical (unpaired) electrons. The Kier molecular flexibility index (Phi) is 3.39. The van der Waals surface area contributed by atoms with Crippen molar-refractivity contribution < 1.29 is 4.79 Å². The van der Waals surface area contributed by atoms with Crippen molar-refractivity contribution in [2.24, 2.45) is 5.92 Å². The largest absolute Gasteiger partial charge is 0.353 e. The van der Waals surface area contributed by atoms with Gasteiger partial charge in [-0.3, -0.25) is 4.79 Å². The third-order valence-electron chi connectivity index (χ3n) is 2.52. The fraction of sp³-hybridized carbons (Fsp3) is 0.889. The molecule has 0 unspecified atom stereocenters. The Bertz CT molecular complexity index is 172. The highest BCUT2D eigenvalue weighted by Gasteiger charge is 2.26. The molecule has 70 valence electrons. The Balaban J connectivity index is 2.43. The first-order chi connectivity index (χ1) is 5.59. The topological polar surface area (TPSA) is 29.1 Å². The fourth-order valence-electron chi connectivity index (χ4n) is 1.73. The lowest BCUT2D eigenvalue weighted by molar-refractivity contribution is -0.120. The van der Waals surface area contributed by atoms with Crippen molar-refractivity contribution in [1.29, 1.82) is 0 Å². The summed E-state index contributed by atoms with van der Waals surface area (Å²) < 4.78 is 0. The van der Waals surface area contributed by atoms with Gasteiger partial charge in [0, 0.05) is 18.3 Å². The minimum Gasteiger partial charge on any atom is -0.353 e. The Morgan fingerprint density at radius 3 is 2.75 bits per heavy atom. The van der Waals surface area contributed by atoms with Crippen LogP contribution in [0, 0.1) is 5.92 Å². The maximum absolute atomic E-state index is 10.8. The van der Waals surface area contributed by atoms with E-state index in [0.717, 1.165) is 19.3 Å². The number of rotatable bonds is 1. The van der Waals surface area contributed by atoms with Gasteiger partial charge in [0.2, 0.25) is 5.91 Å². The van der Waals surface area contributed by atoms with Gasteiger partial charge in [0.25, 0.3) is 0 Å². The van der Waals surface area contributed by atoms with E-state index in [1.54, 1.807) is 6.92 Å². The molecule has 0 aromatic rings. The Hall–Kier alpha value is -0.240. The number of carbonyl (C=O) groups excluding carboxylic acids is 1. The highest BCUT2D eigenvalue weighted by molar-refractivity contribution is 6.20. The molecule has 0 saturated heterocycles. The SMILES string of the molecule is CC(=O)N[C@H]1C[C@@H](Cl)CC[C@H]1C. The maximum Gasteiger partial charge on any atom is 0.217 e. The van der Waals surface area contributed by atoms with E-state index in [1.165, 1.54) is 0 Å². The average molecular weight is 190 g/mol. The van der Waals surface area contributed by atoms with E-state index < -0.39 is 0 Å². The molecule has 1 saturated carbocycles. The van der Waals surface area contributed by atoms with Crippen molar-refractivity contribution in [3.05, 3.63) is 0 Å². The molecule has 1 aliphatic rings. The Morgan fingerprint density at radius 1 is 1.50 bits per heavy atom. The number of hydrogen-bond donors (Lipinski definition) is 1. The Morgan fingerprint density at radius 2 is 2.17 bits per heavy atom. The van der Waals surface area contributed by atoms with Gasteiger partial charge in [-0.25, -0.2) is 0 Å². The van der Waals surface area contributed by atoms with Crippen LogP contribution < -0.4 is 5.32 Å². The normalized spacial score (nSPS) is 36.1. The third kappa shape index (κ3) is 2.67. The lowest BCUT2D eigenvalue weighted by Gasteiger charge is -2.31. The van der Waals surface area contributed by atoms with E-state index in [9.17, 15) is 4.79 Å². The van der Waals surface area contributed by atoms with Crippen molar-refractivity contribution in [2.75, 3.05) is 0 Å². The van der Waals surface area contributed by atoms with Crippen LogP contribution in [0.4, 0.5) is 0 Å². The van der Waals surface area contributed by atoms with Gasteiger partial charge >= 0.3 is 0 Å². The van der Waals surface area contributed by atoms with Gasteiger partial charge in [-0.1, -0.05) is 6.92 Å². The summed E-state index contributed by atoms with van der Waals surface area (Å²) in [5.41, 5.74) is 0. The summed E-state index contributed by atoms with van der Waals surface area (Å²) in [6.07, 6.45) is 3.13. The minimum absolute atomic E-state index is 0.0533. The van der Waals surface area contributed by atoms with Crippen LogP contribution >= 0.6 is 11.6 Å². The molecule has 3 heteroatoms. The van der Waals surface area contributed by atoms with Crippen molar-refractivity contribution in [2.45, 2.75) is 44.5 Å². The summed E-state index contributed by atoms with van der Waals surface area (Å²) in [6, 6.07) is 0.291. The molecule has 3 atom stereocenters. The zero-order valence-electron chi connectivity index (χ0n) is 7.64. The molecular formula is C9H16ClNO. The summed E-state index contributed by atoms with van der Waals surface area (Å²) in [5, 5.41) is 3.19. The number of nitrogens with one attached hydrogen (secondary N) is 1. The van der Waals surface area contributed by atoms with Crippen molar-refractivity contribution in [3.8, 4) is 0 Å². The molecule has 12 heavy (non-hydrogen) atoms. The number of hydrogen-bond acceptors (Lipinski definition) is 1. The molecule has 1 aliphatic carbocycles. The van der Waals surface area contributed by atoms with Crippen LogP contribution in [0.2, 0.25) is 0 Å². The monoisotopic (exact) mass is 189 g/mol. The summed E-state index contributed by atoms with van der Waals surface area (Å²) >= 11 is 6.01. The summed E-state index contributed by atoms with van der Waals surface area (Å²) in [5.74, 6) is 0.626. The van der Waals surface area contributed by atoms with Gasteiger partial charge in [0.15, 0.2) is 0 Å². The Labute approximate surface area is 78.7 Å².